The Kier molecular flexibility index (Phi) is 4.41. The number of nitrogens with one attached hydrogen (secondary N) is 1. The van der Waals surface area contributed by atoms with Crippen molar-refractivity contribution in [3.63, 3.8) is 0 Å². The molecule has 0 aliphatic heterocycles. The quantitative estimate of drug-likeness (QED) is 0.700. The molecule has 0 radical (unpaired) electrons. The minimum atomic E-state index is -4.52. The molecule has 0 bridgehead atoms. The molecule has 0 aliphatic rings. The van der Waals surface area contributed by atoms with E-state index in [0.717, 1.165) is 36.4 Å². The second-order valence-electron chi connectivity index (χ2n) is 5.07. The molecule has 5 nitrogen and oxygen atoms in total. The summed E-state index contributed by atoms with van der Waals surface area (Å²) >= 11 is 0. The van der Waals surface area contributed by atoms with Crippen molar-refractivity contribution in [2.75, 3.05) is 5.32 Å². The molecule has 1 N–H and O–H groups in total. The van der Waals surface area contributed by atoms with Crippen molar-refractivity contribution in [2.45, 2.75) is 6.18 Å². The van der Waals surface area contributed by atoms with E-state index in [1.54, 1.807) is 0 Å². The van der Waals surface area contributed by atoms with E-state index in [9.17, 15) is 26.7 Å². The summed E-state index contributed by atoms with van der Waals surface area (Å²) in [5, 5.41) is 9.20. The van der Waals surface area contributed by atoms with E-state index in [4.69, 9.17) is 4.42 Å². The fourth-order valence-corrected chi connectivity index (χ4v) is 2.03. The van der Waals surface area contributed by atoms with Crippen molar-refractivity contribution < 1.29 is 31.2 Å². The van der Waals surface area contributed by atoms with Gasteiger partial charge in [-0.15, -0.1) is 5.10 Å². The smallest absolute Gasteiger partial charge is 0.403 e. The normalized spacial score (nSPS) is 11.4. The lowest BCUT2D eigenvalue weighted by molar-refractivity contribution is -0.137. The molecule has 0 atom stereocenters. The largest absolute Gasteiger partial charge is 0.416 e. The van der Waals surface area contributed by atoms with Gasteiger partial charge in [0.2, 0.25) is 0 Å². The SMILES string of the molecule is O=C(Nc1nnc(-c2ccc(F)cc2F)o1)c1ccc(C(F)(F)F)cc1. The number of alkyl halides is 3. The van der Waals surface area contributed by atoms with Crippen LogP contribution in [-0.2, 0) is 6.18 Å². The first-order valence-electron chi connectivity index (χ1n) is 7.01. The zero-order valence-corrected chi connectivity index (χ0v) is 12.6. The maximum absolute atomic E-state index is 13.7. The topological polar surface area (TPSA) is 68.0 Å². The maximum Gasteiger partial charge on any atom is 0.416 e. The zero-order chi connectivity index (χ0) is 18.9. The van der Waals surface area contributed by atoms with Gasteiger partial charge in [0.05, 0.1) is 11.1 Å². The number of benzene rings is 2. The van der Waals surface area contributed by atoms with Crippen LogP contribution >= 0.6 is 0 Å². The molecule has 3 aromatic rings. The lowest BCUT2D eigenvalue weighted by Gasteiger charge is -2.07. The molecule has 1 aromatic heterocycles. The van der Waals surface area contributed by atoms with Crippen LogP contribution in [0.3, 0.4) is 0 Å². The van der Waals surface area contributed by atoms with Crippen molar-refractivity contribution in [3.8, 4) is 11.5 Å². The van der Waals surface area contributed by atoms with Crippen LogP contribution in [0.25, 0.3) is 11.5 Å². The minimum absolute atomic E-state index is 0.0780. The van der Waals surface area contributed by atoms with Crippen LogP contribution in [0.2, 0.25) is 0 Å². The van der Waals surface area contributed by atoms with Crippen molar-refractivity contribution in [1.82, 2.24) is 10.2 Å². The Labute approximate surface area is 142 Å². The molecule has 1 heterocycles. The number of halogens is 5. The molecule has 10 heteroatoms. The van der Waals surface area contributed by atoms with Crippen LogP contribution in [0.4, 0.5) is 28.0 Å². The Morgan fingerprint density at radius 2 is 1.69 bits per heavy atom. The summed E-state index contributed by atoms with van der Waals surface area (Å²) in [6.07, 6.45) is -4.52. The van der Waals surface area contributed by atoms with E-state index in [0.29, 0.717) is 6.07 Å². The number of aromatic nitrogens is 2. The molecule has 3 rings (SSSR count). The number of amides is 1. The Bertz CT molecular complexity index is 951. The lowest BCUT2D eigenvalue weighted by Crippen LogP contribution is -2.13. The molecule has 0 unspecified atom stereocenters. The molecular weight excluding hydrogens is 361 g/mol. The molecule has 0 spiro atoms. The predicted molar refractivity (Wildman–Crippen MR) is 79.0 cm³/mol. The van der Waals surface area contributed by atoms with Crippen molar-refractivity contribution in [3.05, 3.63) is 65.2 Å². The highest BCUT2D eigenvalue weighted by molar-refractivity contribution is 6.03. The molecule has 0 aliphatic carbocycles. The van der Waals surface area contributed by atoms with Crippen LogP contribution in [0.1, 0.15) is 15.9 Å². The summed E-state index contributed by atoms with van der Waals surface area (Å²) in [4.78, 5) is 12.0. The van der Waals surface area contributed by atoms with Gasteiger partial charge in [-0.1, -0.05) is 5.10 Å². The third-order valence-corrected chi connectivity index (χ3v) is 3.28. The third kappa shape index (κ3) is 3.68. The number of anilines is 1. The van der Waals surface area contributed by atoms with Gasteiger partial charge in [-0.2, -0.15) is 13.2 Å². The van der Waals surface area contributed by atoms with E-state index in [-0.39, 0.29) is 17.0 Å². The average Bonchev–Trinajstić information content (AvgIpc) is 3.02. The van der Waals surface area contributed by atoms with Gasteiger partial charge in [0.15, 0.2) is 0 Å². The van der Waals surface area contributed by atoms with Gasteiger partial charge in [-0.05, 0) is 36.4 Å². The standard InChI is InChI=1S/C16H8F5N3O2/c17-10-5-6-11(12(18)7-10)14-23-24-15(26-14)22-13(25)8-1-3-9(4-2-8)16(19,20)21/h1-7H,(H,22,24,25). The molecule has 134 valence electrons. The Hall–Kier alpha value is -3.30. The number of nitrogens with zero attached hydrogens (tertiary/aromatic N) is 2. The van der Waals surface area contributed by atoms with E-state index >= 15 is 0 Å². The van der Waals surface area contributed by atoms with Crippen molar-refractivity contribution in [1.29, 1.82) is 0 Å². The fourth-order valence-electron chi connectivity index (χ4n) is 2.03. The highest BCUT2D eigenvalue weighted by Crippen LogP contribution is 2.29. The van der Waals surface area contributed by atoms with E-state index in [2.05, 4.69) is 15.5 Å². The monoisotopic (exact) mass is 369 g/mol. The first kappa shape index (κ1) is 17.5. The van der Waals surface area contributed by atoms with Crippen LogP contribution in [0.15, 0.2) is 46.9 Å². The Balaban J connectivity index is 1.75. The molecule has 26 heavy (non-hydrogen) atoms. The van der Waals surface area contributed by atoms with Gasteiger partial charge in [-0.25, -0.2) is 8.78 Å². The first-order chi connectivity index (χ1) is 12.2. The highest BCUT2D eigenvalue weighted by Gasteiger charge is 2.30. The summed E-state index contributed by atoms with van der Waals surface area (Å²) in [5.41, 5.74) is -1.15. The number of hydrogen-bond acceptors (Lipinski definition) is 4. The van der Waals surface area contributed by atoms with Gasteiger partial charge in [0.25, 0.3) is 11.8 Å². The van der Waals surface area contributed by atoms with Crippen molar-refractivity contribution >= 4 is 11.9 Å². The molecule has 0 saturated heterocycles. The van der Waals surface area contributed by atoms with Gasteiger partial charge < -0.3 is 4.42 Å². The number of rotatable bonds is 3. The molecular formula is C16H8F5N3O2. The molecule has 2 aromatic carbocycles. The van der Waals surface area contributed by atoms with Crippen LogP contribution in [0.5, 0.6) is 0 Å². The molecule has 0 saturated carbocycles. The third-order valence-electron chi connectivity index (χ3n) is 3.28. The first-order valence-corrected chi connectivity index (χ1v) is 7.01. The Morgan fingerprint density at radius 3 is 2.31 bits per heavy atom. The predicted octanol–water partition coefficient (Wildman–Crippen LogP) is 4.29. The second-order valence-corrected chi connectivity index (χ2v) is 5.07. The summed E-state index contributed by atoms with van der Waals surface area (Å²) in [7, 11) is 0. The molecule has 0 fully saturated rings. The summed E-state index contributed by atoms with van der Waals surface area (Å²) in [6.45, 7) is 0. The van der Waals surface area contributed by atoms with Crippen LogP contribution in [-0.4, -0.2) is 16.1 Å². The van der Waals surface area contributed by atoms with Crippen LogP contribution < -0.4 is 5.32 Å². The number of hydrogen-bond donors (Lipinski definition) is 1. The highest BCUT2D eigenvalue weighted by atomic mass is 19.4. The minimum Gasteiger partial charge on any atom is -0.403 e. The second kappa shape index (κ2) is 6.54. The van der Waals surface area contributed by atoms with E-state index < -0.39 is 35.3 Å². The number of carbonyl (C=O) groups excluding carboxylic acids is 1. The zero-order valence-electron chi connectivity index (χ0n) is 12.6. The van der Waals surface area contributed by atoms with Gasteiger partial charge in [-0.3, -0.25) is 10.1 Å². The number of carbonyl (C=O) groups is 1. The van der Waals surface area contributed by atoms with Crippen LogP contribution in [0, 0.1) is 11.6 Å². The Morgan fingerprint density at radius 1 is 1.00 bits per heavy atom. The van der Waals surface area contributed by atoms with E-state index in [1.165, 1.54) is 0 Å². The summed E-state index contributed by atoms with van der Waals surface area (Å²) in [5.74, 6) is -2.82. The summed E-state index contributed by atoms with van der Waals surface area (Å²) in [6, 6.07) is 5.77. The van der Waals surface area contributed by atoms with Crippen molar-refractivity contribution in [2.24, 2.45) is 0 Å². The average molecular weight is 369 g/mol. The summed E-state index contributed by atoms with van der Waals surface area (Å²) < 4.78 is 69.1. The fraction of sp³-hybridized carbons (Fsp3) is 0.0625. The maximum atomic E-state index is 13.7. The van der Waals surface area contributed by atoms with Gasteiger partial charge in [0, 0.05) is 11.6 Å². The molecule has 1 amide bonds. The van der Waals surface area contributed by atoms with Gasteiger partial charge >= 0.3 is 12.2 Å². The lowest BCUT2D eigenvalue weighted by atomic mass is 10.1. The van der Waals surface area contributed by atoms with Gasteiger partial charge in [0.1, 0.15) is 11.6 Å². The van der Waals surface area contributed by atoms with E-state index in [1.807, 2.05) is 0 Å².